The van der Waals surface area contributed by atoms with Gasteiger partial charge in [0.25, 0.3) is 5.91 Å². The summed E-state index contributed by atoms with van der Waals surface area (Å²) in [6, 6.07) is 10.8. The number of esters is 1. The molecule has 0 aliphatic rings. The van der Waals surface area contributed by atoms with Crippen LogP contribution in [-0.4, -0.2) is 32.9 Å². The highest BCUT2D eigenvalue weighted by Crippen LogP contribution is 2.12. The molecule has 0 aliphatic heterocycles. The number of hydrogen-bond acceptors (Lipinski definition) is 6. The van der Waals surface area contributed by atoms with Crippen molar-refractivity contribution in [1.29, 1.82) is 0 Å². The Labute approximate surface area is 150 Å². The summed E-state index contributed by atoms with van der Waals surface area (Å²) < 4.78 is 5.32. The fourth-order valence-electron chi connectivity index (χ4n) is 2.38. The first kappa shape index (κ1) is 17.5. The minimum absolute atomic E-state index is 0.0589. The lowest BCUT2D eigenvalue weighted by atomic mass is 10.2. The van der Waals surface area contributed by atoms with Crippen molar-refractivity contribution in [1.82, 2.24) is 15.0 Å². The molecule has 0 saturated heterocycles. The number of para-hydroxylation sites is 2. The van der Waals surface area contributed by atoms with Crippen LogP contribution < -0.4 is 5.32 Å². The Morgan fingerprint density at radius 3 is 2.65 bits per heavy atom. The standard InChI is InChI=1S/C19H18N4O3/c1-3-16(18(24)23-17-10-12(2)8-9-20-17)26-19(25)15-11-21-13-6-4-5-7-14(13)22-15/h4-11,16H,3H2,1-2H3,(H,20,23,24). The monoisotopic (exact) mass is 350 g/mol. The Bertz CT molecular complexity index is 958. The fraction of sp³-hybridized carbons (Fsp3) is 0.211. The van der Waals surface area contributed by atoms with Gasteiger partial charge >= 0.3 is 5.97 Å². The van der Waals surface area contributed by atoms with Crippen molar-refractivity contribution in [2.45, 2.75) is 26.4 Å². The van der Waals surface area contributed by atoms with Crippen molar-refractivity contribution in [3.8, 4) is 0 Å². The molecule has 3 rings (SSSR count). The van der Waals surface area contributed by atoms with Crippen LogP contribution in [0.2, 0.25) is 0 Å². The molecular formula is C19H18N4O3. The molecule has 26 heavy (non-hydrogen) atoms. The molecule has 0 radical (unpaired) electrons. The molecular weight excluding hydrogens is 332 g/mol. The molecule has 132 valence electrons. The Balaban J connectivity index is 1.71. The van der Waals surface area contributed by atoms with Crippen LogP contribution >= 0.6 is 0 Å². The lowest BCUT2D eigenvalue weighted by molar-refractivity contribution is -0.124. The van der Waals surface area contributed by atoms with Crippen LogP contribution in [0.15, 0.2) is 48.8 Å². The van der Waals surface area contributed by atoms with Gasteiger partial charge in [-0.05, 0) is 43.2 Å². The number of aryl methyl sites for hydroxylation is 1. The van der Waals surface area contributed by atoms with Gasteiger partial charge in [-0.3, -0.25) is 9.78 Å². The van der Waals surface area contributed by atoms with Crippen LogP contribution in [0.25, 0.3) is 11.0 Å². The highest BCUT2D eigenvalue weighted by atomic mass is 16.5. The molecule has 1 unspecified atom stereocenters. The zero-order valence-corrected chi connectivity index (χ0v) is 14.5. The number of carbonyl (C=O) groups is 2. The first-order valence-corrected chi connectivity index (χ1v) is 8.23. The SMILES string of the molecule is CCC(OC(=O)c1cnc2ccccc2n1)C(=O)Nc1cc(C)ccn1. The number of pyridine rings is 1. The van der Waals surface area contributed by atoms with E-state index in [1.54, 1.807) is 31.3 Å². The lowest BCUT2D eigenvalue weighted by Crippen LogP contribution is -2.32. The van der Waals surface area contributed by atoms with E-state index in [2.05, 4.69) is 20.3 Å². The molecule has 0 bridgehead atoms. The number of fused-ring (bicyclic) bond motifs is 1. The van der Waals surface area contributed by atoms with E-state index in [0.29, 0.717) is 23.3 Å². The number of ether oxygens (including phenoxy) is 1. The number of nitrogens with zero attached hydrogens (tertiary/aromatic N) is 3. The maximum absolute atomic E-state index is 12.4. The third-order valence-corrected chi connectivity index (χ3v) is 3.74. The molecule has 1 N–H and O–H groups in total. The second kappa shape index (κ2) is 7.69. The number of nitrogens with one attached hydrogen (secondary N) is 1. The average Bonchev–Trinajstić information content (AvgIpc) is 2.65. The van der Waals surface area contributed by atoms with E-state index in [0.717, 1.165) is 5.56 Å². The number of carbonyl (C=O) groups excluding carboxylic acids is 2. The summed E-state index contributed by atoms with van der Waals surface area (Å²) in [5.41, 5.74) is 2.29. The van der Waals surface area contributed by atoms with Crippen molar-refractivity contribution in [2.24, 2.45) is 0 Å². The first-order valence-electron chi connectivity index (χ1n) is 8.23. The molecule has 1 amide bonds. The molecule has 2 aromatic heterocycles. The molecule has 3 aromatic rings. The summed E-state index contributed by atoms with van der Waals surface area (Å²) in [6.45, 7) is 3.65. The molecule has 1 atom stereocenters. The summed E-state index contributed by atoms with van der Waals surface area (Å²) >= 11 is 0. The quantitative estimate of drug-likeness (QED) is 0.711. The number of hydrogen-bond donors (Lipinski definition) is 1. The second-order valence-corrected chi connectivity index (χ2v) is 5.75. The van der Waals surface area contributed by atoms with Gasteiger partial charge in [0.05, 0.1) is 17.2 Å². The molecule has 1 aromatic carbocycles. The summed E-state index contributed by atoms with van der Waals surface area (Å²) in [5.74, 6) is -0.717. The molecule has 0 spiro atoms. The van der Waals surface area contributed by atoms with Crippen molar-refractivity contribution in [3.05, 3.63) is 60.0 Å². The summed E-state index contributed by atoms with van der Waals surface area (Å²) in [7, 11) is 0. The minimum atomic E-state index is -0.946. The van der Waals surface area contributed by atoms with Gasteiger partial charge in [-0.15, -0.1) is 0 Å². The van der Waals surface area contributed by atoms with E-state index >= 15 is 0 Å². The number of aromatic nitrogens is 3. The van der Waals surface area contributed by atoms with Crippen molar-refractivity contribution in [3.63, 3.8) is 0 Å². The van der Waals surface area contributed by atoms with Crippen LogP contribution in [0.3, 0.4) is 0 Å². The molecule has 7 heteroatoms. The normalized spacial score (nSPS) is 11.8. The molecule has 0 aliphatic carbocycles. The van der Waals surface area contributed by atoms with Gasteiger partial charge in [0, 0.05) is 6.20 Å². The van der Waals surface area contributed by atoms with Gasteiger partial charge in [0.2, 0.25) is 0 Å². The van der Waals surface area contributed by atoms with Gasteiger partial charge in [0.1, 0.15) is 5.82 Å². The Kier molecular flexibility index (Phi) is 5.17. The largest absolute Gasteiger partial charge is 0.447 e. The zero-order chi connectivity index (χ0) is 18.5. The van der Waals surface area contributed by atoms with Crippen LogP contribution in [-0.2, 0) is 9.53 Å². The Morgan fingerprint density at radius 2 is 1.92 bits per heavy atom. The highest BCUT2D eigenvalue weighted by molar-refractivity contribution is 5.96. The van der Waals surface area contributed by atoms with E-state index < -0.39 is 18.0 Å². The van der Waals surface area contributed by atoms with Gasteiger partial charge in [-0.25, -0.2) is 14.8 Å². The van der Waals surface area contributed by atoms with Crippen LogP contribution in [0.4, 0.5) is 5.82 Å². The Morgan fingerprint density at radius 1 is 1.15 bits per heavy atom. The van der Waals surface area contributed by atoms with Crippen molar-refractivity contribution >= 4 is 28.7 Å². The molecule has 7 nitrogen and oxygen atoms in total. The number of anilines is 1. The van der Waals surface area contributed by atoms with Gasteiger partial charge in [0.15, 0.2) is 11.8 Å². The lowest BCUT2D eigenvalue weighted by Gasteiger charge is -2.15. The molecule has 0 saturated carbocycles. The first-order chi connectivity index (χ1) is 12.6. The van der Waals surface area contributed by atoms with Crippen molar-refractivity contribution in [2.75, 3.05) is 5.32 Å². The summed E-state index contributed by atoms with van der Waals surface area (Å²) in [6.07, 6.45) is 2.32. The third-order valence-electron chi connectivity index (χ3n) is 3.74. The van der Waals surface area contributed by atoms with E-state index in [1.165, 1.54) is 6.20 Å². The van der Waals surface area contributed by atoms with Gasteiger partial charge in [-0.2, -0.15) is 0 Å². The predicted molar refractivity (Wildman–Crippen MR) is 96.6 cm³/mol. The topological polar surface area (TPSA) is 94.1 Å². The maximum Gasteiger partial charge on any atom is 0.359 e. The summed E-state index contributed by atoms with van der Waals surface area (Å²) in [4.78, 5) is 37.2. The number of benzene rings is 1. The van der Waals surface area contributed by atoms with Gasteiger partial charge < -0.3 is 10.1 Å². The minimum Gasteiger partial charge on any atom is -0.447 e. The predicted octanol–water partition coefficient (Wildman–Crippen LogP) is 2.91. The second-order valence-electron chi connectivity index (χ2n) is 5.75. The number of rotatable bonds is 5. The van der Waals surface area contributed by atoms with Crippen LogP contribution in [0, 0.1) is 6.92 Å². The highest BCUT2D eigenvalue weighted by Gasteiger charge is 2.23. The van der Waals surface area contributed by atoms with E-state index in [4.69, 9.17) is 4.74 Å². The Hall–Kier alpha value is -3.35. The van der Waals surface area contributed by atoms with E-state index in [9.17, 15) is 9.59 Å². The van der Waals surface area contributed by atoms with Crippen LogP contribution in [0.1, 0.15) is 29.4 Å². The smallest absolute Gasteiger partial charge is 0.359 e. The fourth-order valence-corrected chi connectivity index (χ4v) is 2.38. The van der Waals surface area contributed by atoms with Crippen molar-refractivity contribution < 1.29 is 14.3 Å². The number of amides is 1. The summed E-state index contributed by atoms with van der Waals surface area (Å²) in [5, 5.41) is 2.66. The van der Waals surface area contributed by atoms with E-state index in [-0.39, 0.29) is 5.69 Å². The van der Waals surface area contributed by atoms with E-state index in [1.807, 2.05) is 25.1 Å². The zero-order valence-electron chi connectivity index (χ0n) is 14.5. The maximum atomic E-state index is 12.4. The molecule has 0 fully saturated rings. The van der Waals surface area contributed by atoms with Crippen LogP contribution in [0.5, 0.6) is 0 Å². The average molecular weight is 350 g/mol. The van der Waals surface area contributed by atoms with Gasteiger partial charge in [-0.1, -0.05) is 19.1 Å². The third kappa shape index (κ3) is 4.00. The molecule has 2 heterocycles.